The van der Waals surface area contributed by atoms with Gasteiger partial charge in [-0.05, 0) is 12.3 Å². The number of aliphatic hydroxyl groups is 4. The lowest BCUT2D eigenvalue weighted by Gasteiger charge is -2.39. The molecule has 0 bridgehead atoms. The van der Waals surface area contributed by atoms with Gasteiger partial charge in [0.25, 0.3) is 0 Å². The molecule has 0 unspecified atom stereocenters. The molecule has 0 aromatic carbocycles. The summed E-state index contributed by atoms with van der Waals surface area (Å²) in [6, 6.07) is 0. The Morgan fingerprint density at radius 2 is 1.54 bits per heavy atom. The number of rotatable bonds is 9. The maximum atomic E-state index is 9.86. The molecule has 2 aliphatic rings. The third kappa shape index (κ3) is 5.93. The summed E-state index contributed by atoms with van der Waals surface area (Å²) in [5.74, 6) is 0.934. The van der Waals surface area contributed by atoms with E-state index in [4.69, 9.17) is 14.6 Å². The Balaban J connectivity index is 1.53. The minimum Gasteiger partial charge on any atom is -0.394 e. The number of hydrogen-bond donors (Lipinski definition) is 4. The van der Waals surface area contributed by atoms with Crippen molar-refractivity contribution in [3.63, 3.8) is 0 Å². The van der Waals surface area contributed by atoms with E-state index in [1.807, 2.05) is 0 Å². The maximum absolute atomic E-state index is 9.86. The van der Waals surface area contributed by atoms with E-state index in [1.165, 1.54) is 51.4 Å². The largest absolute Gasteiger partial charge is 0.394 e. The summed E-state index contributed by atoms with van der Waals surface area (Å²) in [5, 5.41) is 38.4. The van der Waals surface area contributed by atoms with Gasteiger partial charge in [-0.15, -0.1) is 0 Å². The number of hydrogen-bond acceptors (Lipinski definition) is 6. The van der Waals surface area contributed by atoms with Crippen molar-refractivity contribution >= 4 is 0 Å². The van der Waals surface area contributed by atoms with Crippen LogP contribution in [0.15, 0.2) is 0 Å². The maximum Gasteiger partial charge on any atom is 0.186 e. The zero-order valence-electron chi connectivity index (χ0n) is 14.6. The first-order chi connectivity index (χ1) is 11.6. The van der Waals surface area contributed by atoms with E-state index in [-0.39, 0.29) is 0 Å². The Morgan fingerprint density at radius 1 is 0.833 bits per heavy atom. The lowest BCUT2D eigenvalue weighted by molar-refractivity contribution is -0.301. The van der Waals surface area contributed by atoms with Crippen molar-refractivity contribution in [1.29, 1.82) is 0 Å². The van der Waals surface area contributed by atoms with E-state index in [0.29, 0.717) is 6.61 Å². The molecule has 6 nitrogen and oxygen atoms in total. The Bertz CT molecular complexity index is 331. The molecule has 0 aromatic heterocycles. The summed E-state index contributed by atoms with van der Waals surface area (Å²) in [7, 11) is 0. The van der Waals surface area contributed by atoms with Gasteiger partial charge in [0.15, 0.2) is 6.29 Å². The highest BCUT2D eigenvalue weighted by Crippen LogP contribution is 2.28. The predicted octanol–water partition coefficient (Wildman–Crippen LogP) is 1.33. The summed E-state index contributed by atoms with van der Waals surface area (Å²) in [5.41, 5.74) is 0. The van der Waals surface area contributed by atoms with Crippen LogP contribution in [0.1, 0.15) is 64.2 Å². The first-order valence-corrected chi connectivity index (χ1v) is 9.55. The Morgan fingerprint density at radius 3 is 2.25 bits per heavy atom. The smallest absolute Gasteiger partial charge is 0.186 e. The van der Waals surface area contributed by atoms with E-state index in [9.17, 15) is 15.3 Å². The van der Waals surface area contributed by atoms with Crippen molar-refractivity contribution < 1.29 is 29.9 Å². The van der Waals surface area contributed by atoms with E-state index in [2.05, 4.69) is 0 Å². The SMILES string of the molecule is OC[C@H]1O[C@@H](OCCCCCCC2CCCCC2)[C@H](O)[C@@H](O)[C@@H]1O. The minimum absolute atomic E-state index is 0.425. The Labute approximate surface area is 144 Å². The van der Waals surface area contributed by atoms with Crippen LogP contribution in [0.5, 0.6) is 0 Å². The highest BCUT2D eigenvalue weighted by Gasteiger charge is 2.43. The number of ether oxygens (including phenoxy) is 2. The van der Waals surface area contributed by atoms with Gasteiger partial charge in [0, 0.05) is 6.61 Å². The van der Waals surface area contributed by atoms with Crippen LogP contribution in [0, 0.1) is 5.92 Å². The fourth-order valence-electron chi connectivity index (χ4n) is 3.77. The molecule has 1 saturated heterocycles. The molecule has 0 spiro atoms. The van der Waals surface area contributed by atoms with Gasteiger partial charge in [-0.1, -0.05) is 57.8 Å². The lowest BCUT2D eigenvalue weighted by atomic mass is 9.85. The molecular weight excluding hydrogens is 312 g/mol. The summed E-state index contributed by atoms with van der Waals surface area (Å²) >= 11 is 0. The first-order valence-electron chi connectivity index (χ1n) is 9.55. The van der Waals surface area contributed by atoms with E-state index in [1.54, 1.807) is 0 Å². The first kappa shape index (κ1) is 20.1. The lowest BCUT2D eigenvalue weighted by Crippen LogP contribution is -2.59. The molecule has 1 aliphatic carbocycles. The standard InChI is InChI=1S/C18H34O6/c19-12-14-15(20)16(21)17(22)18(24-14)23-11-7-2-1-4-8-13-9-5-3-6-10-13/h13-22H,1-12H2/t14-,15-,16+,17-,18-/m1/s1. The van der Waals surface area contributed by atoms with Crippen molar-refractivity contribution in [3.8, 4) is 0 Å². The normalized spacial score (nSPS) is 35.2. The molecule has 0 radical (unpaired) electrons. The van der Waals surface area contributed by atoms with Gasteiger partial charge in [-0.25, -0.2) is 0 Å². The van der Waals surface area contributed by atoms with Gasteiger partial charge >= 0.3 is 0 Å². The van der Waals surface area contributed by atoms with Crippen molar-refractivity contribution in [2.45, 2.75) is 94.9 Å². The quantitative estimate of drug-likeness (QED) is 0.470. The molecule has 2 fully saturated rings. The summed E-state index contributed by atoms with van der Waals surface area (Å²) in [4.78, 5) is 0. The molecule has 0 aromatic rings. The fraction of sp³-hybridized carbons (Fsp3) is 1.00. The average molecular weight is 346 g/mol. The highest BCUT2D eigenvalue weighted by atomic mass is 16.7. The van der Waals surface area contributed by atoms with Gasteiger partial charge in [0.1, 0.15) is 24.4 Å². The second-order valence-corrected chi connectivity index (χ2v) is 7.27. The molecule has 4 N–H and O–H groups in total. The van der Waals surface area contributed by atoms with Gasteiger partial charge in [0.2, 0.25) is 0 Å². The summed E-state index contributed by atoms with van der Waals surface area (Å²) < 4.78 is 10.8. The van der Waals surface area contributed by atoms with Gasteiger partial charge in [-0.3, -0.25) is 0 Å². The Kier molecular flexibility index (Phi) is 8.94. The van der Waals surface area contributed by atoms with Crippen molar-refractivity contribution in [1.82, 2.24) is 0 Å². The Hall–Kier alpha value is -0.240. The highest BCUT2D eigenvalue weighted by molar-refractivity contribution is 4.88. The molecule has 2 rings (SSSR count). The molecule has 1 heterocycles. The van der Waals surface area contributed by atoms with Crippen LogP contribution in [0.25, 0.3) is 0 Å². The second-order valence-electron chi connectivity index (χ2n) is 7.27. The van der Waals surface area contributed by atoms with E-state index in [0.717, 1.165) is 18.8 Å². The predicted molar refractivity (Wildman–Crippen MR) is 89.4 cm³/mol. The van der Waals surface area contributed by atoms with Crippen LogP contribution in [0.4, 0.5) is 0 Å². The number of aliphatic hydroxyl groups excluding tert-OH is 4. The zero-order valence-corrected chi connectivity index (χ0v) is 14.6. The monoisotopic (exact) mass is 346 g/mol. The van der Waals surface area contributed by atoms with E-state index < -0.39 is 37.3 Å². The van der Waals surface area contributed by atoms with Gasteiger partial charge in [-0.2, -0.15) is 0 Å². The van der Waals surface area contributed by atoms with Crippen LogP contribution < -0.4 is 0 Å². The number of unbranched alkanes of at least 4 members (excludes halogenated alkanes) is 3. The molecule has 5 atom stereocenters. The van der Waals surface area contributed by atoms with Crippen LogP contribution >= 0.6 is 0 Å². The van der Waals surface area contributed by atoms with Gasteiger partial charge in [0.05, 0.1) is 6.61 Å². The fourth-order valence-corrected chi connectivity index (χ4v) is 3.77. The summed E-state index contributed by atoms with van der Waals surface area (Å²) in [6.45, 7) is 0.0120. The van der Waals surface area contributed by atoms with E-state index >= 15 is 0 Å². The third-order valence-electron chi connectivity index (χ3n) is 5.36. The topological polar surface area (TPSA) is 99.4 Å². The van der Waals surface area contributed by atoms with Crippen LogP contribution in [-0.2, 0) is 9.47 Å². The third-order valence-corrected chi connectivity index (χ3v) is 5.36. The van der Waals surface area contributed by atoms with Crippen molar-refractivity contribution in [2.75, 3.05) is 13.2 Å². The van der Waals surface area contributed by atoms with Crippen LogP contribution in [0.3, 0.4) is 0 Å². The zero-order chi connectivity index (χ0) is 17.4. The summed E-state index contributed by atoms with van der Waals surface area (Å²) in [6.07, 6.45) is 6.87. The molecule has 24 heavy (non-hydrogen) atoms. The van der Waals surface area contributed by atoms with Crippen LogP contribution in [-0.4, -0.2) is 64.3 Å². The molecular formula is C18H34O6. The van der Waals surface area contributed by atoms with Crippen LogP contribution in [0.2, 0.25) is 0 Å². The second kappa shape index (κ2) is 10.7. The van der Waals surface area contributed by atoms with Crippen molar-refractivity contribution in [2.24, 2.45) is 5.92 Å². The molecule has 142 valence electrons. The molecule has 6 heteroatoms. The molecule has 0 amide bonds. The molecule has 1 aliphatic heterocycles. The average Bonchev–Trinajstić information content (AvgIpc) is 2.61. The molecule has 1 saturated carbocycles. The minimum atomic E-state index is -1.36. The van der Waals surface area contributed by atoms with Crippen molar-refractivity contribution in [3.05, 3.63) is 0 Å². The van der Waals surface area contributed by atoms with Gasteiger partial charge < -0.3 is 29.9 Å².